The monoisotopic (exact) mass is 927 g/mol. The van der Waals surface area contributed by atoms with Crippen LogP contribution in [0.5, 0.6) is 23.3 Å². The summed E-state index contributed by atoms with van der Waals surface area (Å²) in [4.78, 5) is 5.60. The van der Waals surface area contributed by atoms with E-state index in [9.17, 15) is 10.2 Å². The Morgan fingerprint density at radius 1 is 0.433 bits per heavy atom. The molecule has 0 spiro atoms. The molecule has 0 amide bonds. The van der Waals surface area contributed by atoms with Crippen LogP contribution in [0.25, 0.3) is 44.3 Å². The number of H-pyrrole nitrogens is 2. The van der Waals surface area contributed by atoms with Crippen LogP contribution in [0.2, 0.25) is 0 Å². The van der Waals surface area contributed by atoms with Crippen LogP contribution < -0.4 is 19.7 Å². The van der Waals surface area contributed by atoms with Crippen molar-refractivity contribution in [3.63, 3.8) is 0 Å². The zero-order valence-corrected chi connectivity index (χ0v) is 37.2. The number of nitrogens with one attached hydrogen (secondary N) is 2. The largest absolute Gasteiger partial charge is 2.00 e. The van der Waals surface area contributed by atoms with Gasteiger partial charge in [-0.05, 0) is 59.3 Å². The molecule has 14 nitrogen and oxygen atoms in total. The van der Waals surface area contributed by atoms with Gasteiger partial charge in [-0.1, -0.05) is 133 Å². The molecule has 0 atom stereocenters. The fourth-order valence-corrected chi connectivity index (χ4v) is 7.48. The maximum absolute atomic E-state index is 12.4. The van der Waals surface area contributed by atoms with E-state index in [1.54, 1.807) is 14.2 Å². The number of methoxy groups -OCH3 is 2. The van der Waals surface area contributed by atoms with Gasteiger partial charge in [0.05, 0.1) is 25.6 Å². The first-order valence-corrected chi connectivity index (χ1v) is 20.9. The van der Waals surface area contributed by atoms with Gasteiger partial charge in [0.2, 0.25) is 0 Å². The van der Waals surface area contributed by atoms with Gasteiger partial charge in [-0.2, -0.15) is 0 Å². The minimum absolute atomic E-state index is 0. The van der Waals surface area contributed by atoms with Crippen LogP contribution in [0.3, 0.4) is 0 Å². The van der Waals surface area contributed by atoms with E-state index < -0.39 is 0 Å². The summed E-state index contributed by atoms with van der Waals surface area (Å²) < 4.78 is 11.0. The third kappa shape index (κ3) is 10.2. The van der Waals surface area contributed by atoms with E-state index in [1.165, 1.54) is 0 Å². The summed E-state index contributed by atoms with van der Waals surface area (Å²) in [7, 11) is 3.29. The first kappa shape index (κ1) is 45.1. The predicted molar refractivity (Wildman–Crippen MR) is 250 cm³/mol. The van der Waals surface area contributed by atoms with Gasteiger partial charge in [0, 0.05) is 56.9 Å². The number of hydrogen-bond acceptors (Lipinski definition) is 12. The molecule has 0 aliphatic carbocycles. The van der Waals surface area contributed by atoms with Crippen molar-refractivity contribution in [2.45, 2.75) is 12.8 Å². The average molecular weight is 928 g/mol. The molecular formula is C52H40CoN10O4. The second-order valence-electron chi connectivity index (χ2n) is 15.0. The normalized spacial score (nSPS) is 11.1. The van der Waals surface area contributed by atoms with E-state index in [4.69, 9.17) is 9.47 Å². The second-order valence-corrected chi connectivity index (χ2v) is 15.0. The van der Waals surface area contributed by atoms with Crippen LogP contribution in [0.4, 0.5) is 23.0 Å². The van der Waals surface area contributed by atoms with Crippen molar-refractivity contribution in [2.24, 2.45) is 20.5 Å². The summed E-state index contributed by atoms with van der Waals surface area (Å²) >= 11 is 0. The maximum atomic E-state index is 12.4. The van der Waals surface area contributed by atoms with E-state index >= 15 is 0 Å². The van der Waals surface area contributed by atoms with E-state index in [0.29, 0.717) is 35.2 Å². The van der Waals surface area contributed by atoms with Crippen molar-refractivity contribution >= 4 is 44.8 Å². The summed E-state index contributed by atoms with van der Waals surface area (Å²) in [6, 6.07) is 53.9. The Labute approximate surface area is 395 Å². The van der Waals surface area contributed by atoms with Crippen molar-refractivity contribution in [2.75, 3.05) is 14.2 Å². The Morgan fingerprint density at radius 3 is 1.22 bits per heavy atom. The Hall–Kier alpha value is -8.53. The molecule has 0 aliphatic heterocycles. The first-order chi connectivity index (χ1) is 32.4. The Morgan fingerprint density at radius 2 is 0.806 bits per heavy atom. The van der Waals surface area contributed by atoms with Crippen LogP contribution >= 0.6 is 0 Å². The number of hydrogen-bond donors (Lipinski definition) is 2. The van der Waals surface area contributed by atoms with Gasteiger partial charge in [0.15, 0.2) is 11.6 Å². The Kier molecular flexibility index (Phi) is 14.1. The molecule has 0 bridgehead atoms. The van der Waals surface area contributed by atoms with Crippen LogP contribution in [-0.2, 0) is 29.6 Å². The van der Waals surface area contributed by atoms with E-state index in [2.05, 4.69) is 50.8 Å². The molecule has 10 rings (SSSR count). The van der Waals surface area contributed by atoms with E-state index in [1.807, 2.05) is 170 Å². The van der Waals surface area contributed by atoms with Crippen LogP contribution in [0, 0.1) is 0 Å². The summed E-state index contributed by atoms with van der Waals surface area (Å²) in [6.07, 6.45) is 1.04. The topological polar surface area (TPSA) is 197 Å². The smallest absolute Gasteiger partial charge is 0.859 e. The zero-order chi connectivity index (χ0) is 45.2. The summed E-state index contributed by atoms with van der Waals surface area (Å²) in [5.74, 6) is 1.67. The minimum atomic E-state index is -0.292. The van der Waals surface area contributed by atoms with Crippen LogP contribution in [-0.4, -0.2) is 44.6 Å². The average Bonchev–Trinajstić information content (AvgIpc) is 3.87. The number of para-hydroxylation sites is 4. The number of rotatable bonds is 12. The quantitative estimate of drug-likeness (QED) is 0.113. The number of azo groups is 2. The molecule has 0 aliphatic rings. The number of benzene rings is 6. The van der Waals surface area contributed by atoms with Gasteiger partial charge in [0.25, 0.3) is 0 Å². The molecule has 0 fully saturated rings. The molecule has 331 valence electrons. The number of aromatic amines is 2. The molecule has 15 heteroatoms. The number of aromatic nitrogens is 6. The molecule has 6 aromatic carbocycles. The molecule has 0 saturated carbocycles. The standard InChI is InChI=1S/2C26H21N5O2.Co/c2*1-33-23-14-8-5-11-18(23)15-19-16-22(17-9-3-2-4-10-17)28-30-25(19)31-29-24-20-12-6-7-13-21(20)27-26(24)32;/h2*2-14,16,27,32H,15H2,1H3;/q;;+2/p-2. The van der Waals surface area contributed by atoms with Gasteiger partial charge in [0.1, 0.15) is 22.9 Å². The van der Waals surface area contributed by atoms with Gasteiger partial charge < -0.3 is 29.7 Å². The van der Waals surface area contributed by atoms with Crippen molar-refractivity contribution < 1.29 is 36.5 Å². The second kappa shape index (κ2) is 21.0. The van der Waals surface area contributed by atoms with Gasteiger partial charge >= 0.3 is 16.8 Å². The fourth-order valence-electron chi connectivity index (χ4n) is 7.48. The van der Waals surface area contributed by atoms with E-state index in [0.717, 1.165) is 67.3 Å². The van der Waals surface area contributed by atoms with Crippen molar-refractivity contribution in [1.82, 2.24) is 30.4 Å². The third-order valence-electron chi connectivity index (χ3n) is 10.8. The zero-order valence-electron chi connectivity index (χ0n) is 36.1. The van der Waals surface area contributed by atoms with Gasteiger partial charge in [-0.25, -0.2) is 0 Å². The molecule has 0 saturated heterocycles. The molecule has 4 heterocycles. The molecule has 10 aromatic rings. The third-order valence-corrected chi connectivity index (χ3v) is 10.8. The predicted octanol–water partition coefficient (Wildman–Crippen LogP) is 11.4. The van der Waals surface area contributed by atoms with Crippen LogP contribution in [0.15, 0.2) is 190 Å². The molecule has 67 heavy (non-hydrogen) atoms. The number of nitrogens with zero attached hydrogens (tertiary/aromatic N) is 8. The Bertz CT molecular complexity index is 3120. The van der Waals surface area contributed by atoms with Gasteiger partial charge in [-0.3, -0.25) is 0 Å². The molecule has 4 aromatic heterocycles. The van der Waals surface area contributed by atoms with Crippen molar-refractivity contribution in [1.29, 1.82) is 0 Å². The number of fused-ring (bicyclic) bond motifs is 2. The molecular weight excluding hydrogens is 888 g/mol. The van der Waals surface area contributed by atoms with Crippen LogP contribution in [0.1, 0.15) is 22.3 Å². The molecule has 2 N–H and O–H groups in total. The van der Waals surface area contributed by atoms with Crippen molar-refractivity contribution in [3.05, 3.63) is 192 Å². The number of ether oxygens (including phenoxy) is 2. The Balaban J connectivity index is 0.000000179. The summed E-state index contributed by atoms with van der Waals surface area (Å²) in [5.41, 5.74) is 8.93. The molecule has 1 radical (unpaired) electrons. The van der Waals surface area contributed by atoms with Crippen molar-refractivity contribution in [3.8, 4) is 45.8 Å². The van der Waals surface area contributed by atoms with Gasteiger partial charge in [-0.15, -0.1) is 40.9 Å². The minimum Gasteiger partial charge on any atom is -0.859 e. The van der Waals surface area contributed by atoms with E-state index in [-0.39, 0.29) is 39.9 Å². The molecule has 0 unspecified atom stereocenters. The fraction of sp³-hybridized carbons (Fsp3) is 0.0769. The summed E-state index contributed by atoms with van der Waals surface area (Å²) in [5, 5.41) is 60.8. The SMILES string of the molecule is COc1ccccc1Cc1cc(-c2ccccc2)nnc1N=Nc1c([O-])[nH]c2ccccc12.COc1ccccc1Cc1cc(-c2ccccc2)nnc1N=Nc1c([O-])[nH]c2ccccc12.[Co+2]. The summed E-state index contributed by atoms with van der Waals surface area (Å²) in [6.45, 7) is 0. The first-order valence-electron chi connectivity index (χ1n) is 20.9. The maximum Gasteiger partial charge on any atom is 2.00 e.